The molecule has 2 aromatic rings. The van der Waals surface area contributed by atoms with Gasteiger partial charge < -0.3 is 15.1 Å². The molecule has 0 saturated heterocycles. The minimum absolute atomic E-state index is 0.110. The van der Waals surface area contributed by atoms with Crippen molar-refractivity contribution in [3.8, 4) is 0 Å². The molecule has 2 N–H and O–H groups in total. The van der Waals surface area contributed by atoms with Gasteiger partial charge in [-0.1, -0.05) is 44.2 Å². The highest BCUT2D eigenvalue weighted by atomic mass is 16.3. The van der Waals surface area contributed by atoms with Crippen LogP contribution in [0.3, 0.4) is 0 Å². The van der Waals surface area contributed by atoms with E-state index in [2.05, 4.69) is 36.6 Å². The summed E-state index contributed by atoms with van der Waals surface area (Å²) < 4.78 is 5.45. The Bertz CT molecular complexity index is 630. The van der Waals surface area contributed by atoms with Crippen molar-refractivity contribution in [1.29, 1.82) is 0 Å². The quantitative estimate of drug-likeness (QED) is 0.885. The van der Waals surface area contributed by atoms with Crippen molar-refractivity contribution < 1.29 is 9.21 Å². The molecule has 2 rings (SSSR count). The summed E-state index contributed by atoms with van der Waals surface area (Å²) in [4.78, 5) is 12.0. The van der Waals surface area contributed by atoms with Gasteiger partial charge in [0.25, 0.3) is 0 Å². The summed E-state index contributed by atoms with van der Waals surface area (Å²) in [6.07, 6.45) is 0. The Kier molecular flexibility index (Phi) is 4.91. The predicted octanol–water partition coefficient (Wildman–Crippen LogP) is 3.67. The van der Waals surface area contributed by atoms with Gasteiger partial charge >= 0.3 is 6.03 Å². The predicted molar refractivity (Wildman–Crippen MR) is 87.9 cm³/mol. The van der Waals surface area contributed by atoms with Crippen molar-refractivity contribution in [2.75, 3.05) is 6.54 Å². The number of carbonyl (C=O) groups is 1. The van der Waals surface area contributed by atoms with Gasteiger partial charge in [0, 0.05) is 24.1 Å². The molecule has 22 heavy (non-hydrogen) atoms. The van der Waals surface area contributed by atoms with Gasteiger partial charge in [-0.25, -0.2) is 4.79 Å². The largest absolute Gasteiger partial charge is 0.466 e. The van der Waals surface area contributed by atoms with Crippen LogP contribution in [-0.2, 0) is 12.0 Å². The zero-order valence-corrected chi connectivity index (χ0v) is 13.7. The van der Waals surface area contributed by atoms with Crippen LogP contribution in [0.1, 0.15) is 36.5 Å². The number of hydrogen-bond donors (Lipinski definition) is 2. The zero-order chi connectivity index (χ0) is 16.2. The number of rotatable bonds is 5. The molecular formula is C18H24N2O2. The van der Waals surface area contributed by atoms with Gasteiger partial charge in [-0.05, 0) is 25.5 Å². The maximum Gasteiger partial charge on any atom is 0.315 e. The second-order valence-electron chi connectivity index (χ2n) is 6.22. The Morgan fingerprint density at radius 2 is 1.82 bits per heavy atom. The van der Waals surface area contributed by atoms with E-state index in [0.717, 1.165) is 17.1 Å². The zero-order valence-electron chi connectivity index (χ0n) is 13.7. The van der Waals surface area contributed by atoms with Crippen molar-refractivity contribution in [3.05, 3.63) is 59.0 Å². The average Bonchev–Trinajstić information content (AvgIpc) is 2.82. The van der Waals surface area contributed by atoms with Crippen LogP contribution in [0.5, 0.6) is 0 Å². The molecule has 0 aliphatic rings. The maximum atomic E-state index is 12.0. The SMILES string of the molecule is Cc1cc(CNC(=O)NCC(C)(C)c2ccccc2)c(C)o1. The third-order valence-corrected chi connectivity index (χ3v) is 3.83. The van der Waals surface area contributed by atoms with Gasteiger partial charge in [-0.3, -0.25) is 0 Å². The molecule has 0 spiro atoms. The molecule has 4 heteroatoms. The van der Waals surface area contributed by atoms with E-state index in [1.54, 1.807) is 0 Å². The molecule has 0 fully saturated rings. The lowest BCUT2D eigenvalue weighted by Crippen LogP contribution is -2.42. The molecule has 2 amide bonds. The number of aryl methyl sites for hydroxylation is 2. The number of amides is 2. The molecule has 0 radical (unpaired) electrons. The second-order valence-corrected chi connectivity index (χ2v) is 6.22. The molecule has 0 unspecified atom stereocenters. The molecule has 0 saturated carbocycles. The Labute approximate surface area is 131 Å². The van der Waals surface area contributed by atoms with E-state index in [-0.39, 0.29) is 11.4 Å². The van der Waals surface area contributed by atoms with E-state index in [1.165, 1.54) is 5.56 Å². The van der Waals surface area contributed by atoms with E-state index < -0.39 is 0 Å². The highest BCUT2D eigenvalue weighted by Gasteiger charge is 2.21. The molecule has 0 aliphatic heterocycles. The summed E-state index contributed by atoms with van der Waals surface area (Å²) >= 11 is 0. The van der Waals surface area contributed by atoms with E-state index >= 15 is 0 Å². The summed E-state index contributed by atoms with van der Waals surface area (Å²) in [6, 6.07) is 12.0. The number of nitrogens with one attached hydrogen (secondary N) is 2. The molecule has 0 atom stereocenters. The topological polar surface area (TPSA) is 54.3 Å². The highest BCUT2D eigenvalue weighted by Crippen LogP contribution is 2.21. The Morgan fingerprint density at radius 1 is 1.14 bits per heavy atom. The van der Waals surface area contributed by atoms with E-state index in [0.29, 0.717) is 13.1 Å². The van der Waals surface area contributed by atoms with Gasteiger partial charge in [-0.15, -0.1) is 0 Å². The minimum atomic E-state index is -0.165. The van der Waals surface area contributed by atoms with Gasteiger partial charge in [0.15, 0.2) is 0 Å². The van der Waals surface area contributed by atoms with Crippen molar-refractivity contribution in [3.63, 3.8) is 0 Å². The lowest BCUT2D eigenvalue weighted by Gasteiger charge is -2.25. The van der Waals surface area contributed by atoms with Gasteiger partial charge in [0.2, 0.25) is 0 Å². The fraction of sp³-hybridized carbons (Fsp3) is 0.389. The Hall–Kier alpha value is -2.23. The fourth-order valence-electron chi connectivity index (χ4n) is 2.39. The third kappa shape index (κ3) is 4.13. The van der Waals surface area contributed by atoms with Crippen LogP contribution < -0.4 is 10.6 Å². The van der Waals surface area contributed by atoms with Crippen LogP contribution >= 0.6 is 0 Å². The van der Waals surface area contributed by atoms with Crippen LogP contribution in [0.25, 0.3) is 0 Å². The second kappa shape index (κ2) is 6.69. The van der Waals surface area contributed by atoms with E-state index in [4.69, 9.17) is 4.42 Å². The van der Waals surface area contributed by atoms with Crippen LogP contribution in [-0.4, -0.2) is 12.6 Å². The first-order valence-corrected chi connectivity index (χ1v) is 7.51. The number of furan rings is 1. The molecule has 1 heterocycles. The van der Waals surface area contributed by atoms with E-state index in [9.17, 15) is 4.79 Å². The Balaban J connectivity index is 1.84. The lowest BCUT2D eigenvalue weighted by molar-refractivity contribution is 0.238. The van der Waals surface area contributed by atoms with Gasteiger partial charge in [0.1, 0.15) is 11.5 Å². The fourth-order valence-corrected chi connectivity index (χ4v) is 2.39. The first-order valence-electron chi connectivity index (χ1n) is 7.51. The van der Waals surface area contributed by atoms with Crippen LogP contribution in [0.4, 0.5) is 4.79 Å². The van der Waals surface area contributed by atoms with Crippen LogP contribution in [0, 0.1) is 13.8 Å². The molecule has 1 aromatic heterocycles. The standard InChI is InChI=1S/C18H24N2O2/c1-13-10-15(14(2)22-13)11-19-17(21)20-12-18(3,4)16-8-6-5-7-9-16/h5-10H,11-12H2,1-4H3,(H2,19,20,21). The number of carbonyl (C=O) groups excluding carboxylic acids is 1. The number of hydrogen-bond acceptors (Lipinski definition) is 2. The lowest BCUT2D eigenvalue weighted by atomic mass is 9.85. The smallest absolute Gasteiger partial charge is 0.315 e. The molecule has 0 aliphatic carbocycles. The third-order valence-electron chi connectivity index (χ3n) is 3.83. The number of benzene rings is 1. The molecule has 0 bridgehead atoms. The highest BCUT2D eigenvalue weighted by molar-refractivity contribution is 5.74. The van der Waals surface area contributed by atoms with Gasteiger partial charge in [0.05, 0.1) is 0 Å². The summed E-state index contributed by atoms with van der Waals surface area (Å²) in [5.74, 6) is 1.71. The molecule has 4 nitrogen and oxygen atoms in total. The first-order chi connectivity index (χ1) is 10.4. The monoisotopic (exact) mass is 300 g/mol. The molecular weight excluding hydrogens is 276 g/mol. The van der Waals surface area contributed by atoms with Gasteiger partial charge in [-0.2, -0.15) is 0 Å². The summed E-state index contributed by atoms with van der Waals surface area (Å²) in [5.41, 5.74) is 2.10. The normalized spacial score (nSPS) is 11.3. The first kappa shape index (κ1) is 16.1. The van der Waals surface area contributed by atoms with Crippen LogP contribution in [0.15, 0.2) is 40.8 Å². The Morgan fingerprint density at radius 3 is 2.41 bits per heavy atom. The number of urea groups is 1. The summed E-state index contributed by atoms with van der Waals surface area (Å²) in [5, 5.41) is 5.80. The van der Waals surface area contributed by atoms with Crippen molar-refractivity contribution >= 4 is 6.03 Å². The maximum absolute atomic E-state index is 12.0. The van der Waals surface area contributed by atoms with Crippen molar-refractivity contribution in [2.45, 2.75) is 39.7 Å². The van der Waals surface area contributed by atoms with Crippen molar-refractivity contribution in [1.82, 2.24) is 10.6 Å². The minimum Gasteiger partial charge on any atom is -0.466 e. The van der Waals surface area contributed by atoms with E-state index in [1.807, 2.05) is 38.1 Å². The molecule has 118 valence electrons. The summed E-state index contributed by atoms with van der Waals surface area (Å²) in [7, 11) is 0. The van der Waals surface area contributed by atoms with Crippen LogP contribution in [0.2, 0.25) is 0 Å². The average molecular weight is 300 g/mol. The molecule has 1 aromatic carbocycles. The van der Waals surface area contributed by atoms with Crippen molar-refractivity contribution in [2.24, 2.45) is 0 Å². The summed E-state index contributed by atoms with van der Waals surface area (Å²) in [6.45, 7) is 9.09.